The van der Waals surface area contributed by atoms with E-state index in [9.17, 15) is 0 Å². The minimum absolute atomic E-state index is 0. The molecule has 1 aliphatic rings. The summed E-state index contributed by atoms with van der Waals surface area (Å²) in [5.74, 6) is 0. The second-order valence-corrected chi connectivity index (χ2v) is 11.4. The van der Waals surface area contributed by atoms with Crippen molar-refractivity contribution < 1.29 is 26.2 Å². The van der Waals surface area contributed by atoms with E-state index in [4.69, 9.17) is 0 Å². The molecule has 0 amide bonds. The van der Waals surface area contributed by atoms with Gasteiger partial charge in [0.05, 0.1) is 0 Å². The normalized spacial score (nSPS) is 12.6. The molecule has 0 N–H and O–H groups in total. The molecule has 0 heterocycles. The summed E-state index contributed by atoms with van der Waals surface area (Å²) in [6.45, 7) is 13.9. The molecule has 0 saturated heterocycles. The van der Waals surface area contributed by atoms with Gasteiger partial charge in [0.2, 0.25) is 0 Å². The fraction of sp³-hybridized carbons (Fsp3) is 0.273. The molecule has 0 radical (unpaired) electrons. The van der Waals surface area contributed by atoms with Crippen LogP contribution in [0.4, 0.5) is 0 Å². The Bertz CT molecular complexity index is 1210. The van der Waals surface area contributed by atoms with Crippen molar-refractivity contribution in [1.29, 1.82) is 0 Å². The SMILES string of the molecule is CC(C)(C)c1cc2c([c-]c1-c1ccccc1)Cc1cc(-c3ccccc3)c(C(C)(C)C)cc1-2.[Zr]. The Kier molecular flexibility index (Phi) is 6.65. The van der Waals surface area contributed by atoms with Gasteiger partial charge in [-0.1, -0.05) is 131 Å². The van der Waals surface area contributed by atoms with Crippen molar-refractivity contribution in [1.82, 2.24) is 0 Å². The molecule has 0 atom stereocenters. The van der Waals surface area contributed by atoms with Crippen LogP contribution in [-0.2, 0) is 43.5 Å². The molecule has 0 saturated carbocycles. The molecule has 5 rings (SSSR count). The fourth-order valence-electron chi connectivity index (χ4n) is 5.10. The van der Waals surface area contributed by atoms with E-state index in [0.29, 0.717) is 0 Å². The number of hydrogen-bond acceptors (Lipinski definition) is 0. The summed E-state index contributed by atoms with van der Waals surface area (Å²) < 4.78 is 0. The summed E-state index contributed by atoms with van der Waals surface area (Å²) >= 11 is 0. The van der Waals surface area contributed by atoms with Gasteiger partial charge in [-0.05, 0) is 39.5 Å². The molecule has 0 aliphatic heterocycles. The van der Waals surface area contributed by atoms with Crippen LogP contribution in [0.1, 0.15) is 63.8 Å². The molecular weight excluding hydrogens is 488 g/mol. The Morgan fingerprint density at radius 3 is 1.68 bits per heavy atom. The smallest absolute Gasteiger partial charge is 0 e. The van der Waals surface area contributed by atoms with Crippen LogP contribution in [0.5, 0.6) is 0 Å². The van der Waals surface area contributed by atoms with E-state index in [0.717, 1.165) is 6.42 Å². The largest absolute Gasteiger partial charge is 0.139 e. The van der Waals surface area contributed by atoms with E-state index in [1.165, 1.54) is 55.6 Å². The van der Waals surface area contributed by atoms with Crippen molar-refractivity contribution in [2.75, 3.05) is 0 Å². The molecular formula is C33H33Zr-. The standard InChI is InChI=1S/C33H33.Zr/c1-32(2,3)30-20-26-24(18-28(30)22-13-9-7-10-14-22)17-25-19-29(23-15-11-8-12-16-23)31(21-27(25)26)33(4,5)6;/h7-16,18,20-21H,17H2,1-6H3;/q-1;. The van der Waals surface area contributed by atoms with Crippen molar-refractivity contribution in [3.63, 3.8) is 0 Å². The van der Waals surface area contributed by atoms with Crippen LogP contribution in [0.15, 0.2) is 78.9 Å². The maximum atomic E-state index is 3.88. The third kappa shape index (κ3) is 4.53. The van der Waals surface area contributed by atoms with Crippen LogP contribution in [-0.4, -0.2) is 0 Å². The molecule has 0 bridgehead atoms. The van der Waals surface area contributed by atoms with Gasteiger partial charge < -0.3 is 0 Å². The molecule has 4 aromatic carbocycles. The van der Waals surface area contributed by atoms with Crippen LogP contribution in [0.25, 0.3) is 33.4 Å². The van der Waals surface area contributed by atoms with Crippen molar-refractivity contribution in [2.45, 2.75) is 58.8 Å². The van der Waals surface area contributed by atoms with Gasteiger partial charge in [-0.15, -0.1) is 28.8 Å². The van der Waals surface area contributed by atoms with Crippen LogP contribution < -0.4 is 0 Å². The van der Waals surface area contributed by atoms with Crippen LogP contribution in [0.2, 0.25) is 0 Å². The molecule has 0 unspecified atom stereocenters. The summed E-state index contributed by atoms with van der Waals surface area (Å²) in [6.07, 6.45) is 0.944. The van der Waals surface area contributed by atoms with E-state index in [1.54, 1.807) is 0 Å². The van der Waals surface area contributed by atoms with Gasteiger partial charge in [0.25, 0.3) is 0 Å². The van der Waals surface area contributed by atoms with Crippen molar-refractivity contribution in [2.24, 2.45) is 0 Å². The quantitative estimate of drug-likeness (QED) is 0.204. The first-order chi connectivity index (χ1) is 15.6. The maximum Gasteiger partial charge on any atom is 0 e. The minimum atomic E-state index is 0. The zero-order valence-electron chi connectivity index (χ0n) is 21.2. The average molecular weight is 521 g/mol. The summed E-state index contributed by atoms with van der Waals surface area (Å²) in [6, 6.07) is 32.8. The van der Waals surface area contributed by atoms with Gasteiger partial charge in [0.1, 0.15) is 0 Å². The molecule has 0 spiro atoms. The van der Waals surface area contributed by atoms with Crippen molar-refractivity contribution in [3.05, 3.63) is 107 Å². The molecule has 0 nitrogen and oxygen atoms in total. The molecule has 0 aromatic heterocycles. The first kappa shape index (κ1) is 24.9. The number of benzene rings is 4. The van der Waals surface area contributed by atoms with E-state index < -0.39 is 0 Å². The van der Waals surface area contributed by atoms with Gasteiger partial charge in [-0.2, -0.15) is 0 Å². The third-order valence-electron chi connectivity index (χ3n) is 6.82. The fourth-order valence-corrected chi connectivity index (χ4v) is 5.10. The van der Waals surface area contributed by atoms with E-state index in [1.807, 2.05) is 0 Å². The molecule has 1 aliphatic carbocycles. The van der Waals surface area contributed by atoms with Crippen molar-refractivity contribution in [3.8, 4) is 33.4 Å². The Balaban J connectivity index is 0.00000274. The number of rotatable bonds is 2. The Morgan fingerprint density at radius 1 is 0.588 bits per heavy atom. The van der Waals surface area contributed by atoms with Gasteiger partial charge >= 0.3 is 0 Å². The van der Waals surface area contributed by atoms with E-state index in [2.05, 4.69) is 126 Å². The Labute approximate surface area is 224 Å². The molecule has 1 heteroatoms. The van der Waals surface area contributed by atoms with Gasteiger partial charge in [0, 0.05) is 26.2 Å². The third-order valence-corrected chi connectivity index (χ3v) is 6.82. The van der Waals surface area contributed by atoms with E-state index >= 15 is 0 Å². The summed E-state index contributed by atoms with van der Waals surface area (Å²) in [5.41, 5.74) is 13.5. The second-order valence-electron chi connectivity index (χ2n) is 11.4. The van der Waals surface area contributed by atoms with Gasteiger partial charge in [0.15, 0.2) is 0 Å². The molecule has 170 valence electrons. The summed E-state index contributed by atoms with van der Waals surface area (Å²) in [4.78, 5) is 0. The maximum absolute atomic E-state index is 3.88. The monoisotopic (exact) mass is 519 g/mol. The molecule has 4 aromatic rings. The molecule has 34 heavy (non-hydrogen) atoms. The average Bonchev–Trinajstić information content (AvgIpc) is 3.14. The Hall–Kier alpha value is -2.24. The first-order valence-corrected chi connectivity index (χ1v) is 12.0. The predicted octanol–water partition coefficient (Wildman–Crippen LogP) is 8.98. The number of fused-ring (bicyclic) bond motifs is 3. The minimum Gasteiger partial charge on any atom is -0.139 e. The summed E-state index contributed by atoms with van der Waals surface area (Å²) in [7, 11) is 0. The van der Waals surface area contributed by atoms with Gasteiger partial charge in [-0.3, -0.25) is 0 Å². The van der Waals surface area contributed by atoms with Gasteiger partial charge in [-0.25, -0.2) is 0 Å². The predicted molar refractivity (Wildman–Crippen MR) is 142 cm³/mol. The van der Waals surface area contributed by atoms with Crippen LogP contribution in [0, 0.1) is 6.07 Å². The zero-order chi connectivity index (χ0) is 23.4. The number of hydrogen-bond donors (Lipinski definition) is 0. The topological polar surface area (TPSA) is 0 Å². The second kappa shape index (κ2) is 9.09. The first-order valence-electron chi connectivity index (χ1n) is 12.0. The zero-order valence-corrected chi connectivity index (χ0v) is 23.7. The Morgan fingerprint density at radius 2 is 1.12 bits per heavy atom. The summed E-state index contributed by atoms with van der Waals surface area (Å²) in [5, 5.41) is 0. The van der Waals surface area contributed by atoms with Crippen molar-refractivity contribution >= 4 is 0 Å². The molecule has 0 fully saturated rings. The van der Waals surface area contributed by atoms with Crippen LogP contribution >= 0.6 is 0 Å². The van der Waals surface area contributed by atoms with E-state index in [-0.39, 0.29) is 37.0 Å². The van der Waals surface area contributed by atoms with Crippen LogP contribution in [0.3, 0.4) is 0 Å².